The highest BCUT2D eigenvalue weighted by Gasteiger charge is 2.18. The van der Waals surface area contributed by atoms with Crippen LogP contribution in [0.15, 0.2) is 54.6 Å². The Morgan fingerprint density at radius 1 is 0.931 bits per heavy atom. The van der Waals surface area contributed by atoms with Crippen LogP contribution >= 0.6 is 11.3 Å². The van der Waals surface area contributed by atoms with Crippen molar-refractivity contribution in [1.82, 2.24) is 10.3 Å². The Bertz CT molecular complexity index is 987. The molecule has 0 saturated carbocycles. The number of benzene rings is 2. The van der Waals surface area contributed by atoms with Gasteiger partial charge < -0.3 is 5.32 Å². The van der Waals surface area contributed by atoms with E-state index in [0.29, 0.717) is 23.2 Å². The molecule has 2 aromatic carbocycles. The number of rotatable bonds is 7. The number of hydrogen-bond donors (Lipinski definition) is 1. The Hall–Kier alpha value is -2.79. The largest absolute Gasteiger partial charge is 0.352 e. The second-order valence-electron chi connectivity index (χ2n) is 7.28. The maximum atomic E-state index is 12.8. The number of aryl methyl sites for hydroxylation is 3. The Kier molecular flexibility index (Phi) is 6.15. The van der Waals surface area contributed by atoms with E-state index in [-0.39, 0.29) is 11.7 Å². The number of carbonyl (C=O) groups is 2. The number of amides is 1. The van der Waals surface area contributed by atoms with Gasteiger partial charge in [-0.05, 0) is 38.2 Å². The van der Waals surface area contributed by atoms with Crippen LogP contribution in [0.4, 0.5) is 0 Å². The van der Waals surface area contributed by atoms with E-state index >= 15 is 0 Å². The van der Waals surface area contributed by atoms with Crippen LogP contribution in [-0.2, 0) is 19.3 Å². The third-order valence-electron chi connectivity index (χ3n) is 5.20. The minimum absolute atomic E-state index is 0.135. The van der Waals surface area contributed by atoms with Crippen LogP contribution in [0.3, 0.4) is 0 Å². The van der Waals surface area contributed by atoms with Crippen molar-refractivity contribution in [2.24, 2.45) is 0 Å². The molecule has 1 aliphatic carbocycles. The van der Waals surface area contributed by atoms with Crippen LogP contribution in [0.5, 0.6) is 0 Å². The molecule has 0 atom stereocenters. The summed E-state index contributed by atoms with van der Waals surface area (Å²) in [6, 6.07) is 16.1. The zero-order chi connectivity index (χ0) is 20.1. The SMILES string of the molecule is O=C(NCCCc1nc2c(s1)CCCC2)c1ccccc1C(=O)c1ccccc1. The second kappa shape index (κ2) is 9.14. The summed E-state index contributed by atoms with van der Waals surface area (Å²) < 4.78 is 0. The summed E-state index contributed by atoms with van der Waals surface area (Å²) in [7, 11) is 0. The van der Waals surface area contributed by atoms with Gasteiger partial charge in [0, 0.05) is 29.0 Å². The number of ketones is 1. The summed E-state index contributed by atoms with van der Waals surface area (Å²) in [4.78, 5) is 31.7. The molecular weight excluding hydrogens is 380 g/mol. The molecule has 1 aliphatic rings. The van der Waals surface area contributed by atoms with Crippen LogP contribution in [0.2, 0.25) is 0 Å². The molecule has 1 aromatic heterocycles. The van der Waals surface area contributed by atoms with E-state index < -0.39 is 0 Å². The zero-order valence-corrected chi connectivity index (χ0v) is 17.1. The summed E-state index contributed by atoms with van der Waals surface area (Å²) in [5.74, 6) is -0.340. The molecule has 4 nitrogen and oxygen atoms in total. The number of nitrogens with one attached hydrogen (secondary N) is 1. The van der Waals surface area contributed by atoms with Crippen molar-refractivity contribution < 1.29 is 9.59 Å². The van der Waals surface area contributed by atoms with Crippen molar-refractivity contribution in [2.75, 3.05) is 6.54 Å². The zero-order valence-electron chi connectivity index (χ0n) is 16.3. The van der Waals surface area contributed by atoms with Gasteiger partial charge in [-0.25, -0.2) is 4.98 Å². The van der Waals surface area contributed by atoms with Crippen molar-refractivity contribution >= 4 is 23.0 Å². The molecule has 1 N–H and O–H groups in total. The lowest BCUT2D eigenvalue weighted by Crippen LogP contribution is -2.26. The van der Waals surface area contributed by atoms with E-state index in [4.69, 9.17) is 4.98 Å². The smallest absolute Gasteiger partial charge is 0.252 e. The highest BCUT2D eigenvalue weighted by atomic mass is 32.1. The van der Waals surface area contributed by atoms with Gasteiger partial charge in [0.25, 0.3) is 5.91 Å². The lowest BCUT2D eigenvalue weighted by molar-refractivity contribution is 0.0941. The highest BCUT2D eigenvalue weighted by Crippen LogP contribution is 2.27. The topological polar surface area (TPSA) is 59.1 Å². The quantitative estimate of drug-likeness (QED) is 0.462. The van der Waals surface area contributed by atoms with E-state index in [2.05, 4.69) is 5.32 Å². The van der Waals surface area contributed by atoms with Gasteiger partial charge in [-0.3, -0.25) is 9.59 Å². The molecule has 0 radical (unpaired) electrons. The summed E-state index contributed by atoms with van der Waals surface area (Å²) in [5.41, 5.74) is 2.73. The number of nitrogens with zero attached hydrogens (tertiary/aromatic N) is 1. The van der Waals surface area contributed by atoms with Crippen LogP contribution in [0.1, 0.15) is 61.1 Å². The molecule has 148 valence electrons. The minimum Gasteiger partial charge on any atom is -0.352 e. The standard InChI is InChI=1S/C24H24N2O2S/c27-23(17-9-2-1-3-10-17)18-11-4-5-12-19(18)24(28)25-16-8-15-22-26-20-13-6-7-14-21(20)29-22/h1-5,9-12H,6-8,13-16H2,(H,25,28). The first-order chi connectivity index (χ1) is 14.2. The molecular formula is C24H24N2O2S. The van der Waals surface area contributed by atoms with Gasteiger partial charge in [0.1, 0.15) is 0 Å². The molecule has 0 unspecified atom stereocenters. The third kappa shape index (κ3) is 4.62. The van der Waals surface area contributed by atoms with Gasteiger partial charge in [0.05, 0.1) is 16.3 Å². The number of fused-ring (bicyclic) bond motifs is 1. The Morgan fingerprint density at radius 2 is 1.66 bits per heavy atom. The molecule has 4 rings (SSSR count). The molecule has 0 aliphatic heterocycles. The summed E-state index contributed by atoms with van der Waals surface area (Å²) in [6.07, 6.45) is 6.50. The van der Waals surface area contributed by atoms with Gasteiger partial charge in [0.15, 0.2) is 5.78 Å². The van der Waals surface area contributed by atoms with E-state index in [1.165, 1.54) is 28.4 Å². The van der Waals surface area contributed by atoms with Gasteiger partial charge in [-0.15, -0.1) is 11.3 Å². The van der Waals surface area contributed by atoms with E-state index in [9.17, 15) is 9.59 Å². The fourth-order valence-corrected chi connectivity index (χ4v) is 4.87. The van der Waals surface area contributed by atoms with E-state index in [1.54, 1.807) is 36.4 Å². The van der Waals surface area contributed by atoms with Crippen LogP contribution in [-0.4, -0.2) is 23.2 Å². The lowest BCUT2D eigenvalue weighted by atomic mass is 9.98. The first kappa shape index (κ1) is 19.5. The molecule has 3 aromatic rings. The first-order valence-electron chi connectivity index (χ1n) is 10.2. The second-order valence-corrected chi connectivity index (χ2v) is 8.45. The lowest BCUT2D eigenvalue weighted by Gasteiger charge is -2.09. The molecule has 0 saturated heterocycles. The molecule has 0 fully saturated rings. The maximum absolute atomic E-state index is 12.8. The number of carbonyl (C=O) groups excluding carboxylic acids is 2. The molecule has 0 spiro atoms. The third-order valence-corrected chi connectivity index (χ3v) is 6.41. The van der Waals surface area contributed by atoms with Crippen molar-refractivity contribution in [2.45, 2.75) is 38.5 Å². The van der Waals surface area contributed by atoms with E-state index in [0.717, 1.165) is 25.7 Å². The first-order valence-corrected chi connectivity index (χ1v) is 11.0. The number of aromatic nitrogens is 1. The Morgan fingerprint density at radius 3 is 2.45 bits per heavy atom. The normalized spacial score (nSPS) is 13.0. The summed E-state index contributed by atoms with van der Waals surface area (Å²) >= 11 is 1.83. The Labute approximate surface area is 175 Å². The van der Waals surface area contributed by atoms with E-state index in [1.807, 2.05) is 29.5 Å². The summed E-state index contributed by atoms with van der Waals surface area (Å²) in [5, 5.41) is 4.14. The van der Waals surface area contributed by atoms with Crippen molar-refractivity contribution in [3.63, 3.8) is 0 Å². The van der Waals surface area contributed by atoms with Crippen molar-refractivity contribution in [3.8, 4) is 0 Å². The molecule has 5 heteroatoms. The Balaban J connectivity index is 1.35. The molecule has 29 heavy (non-hydrogen) atoms. The number of thiazole rings is 1. The van der Waals surface area contributed by atoms with Crippen LogP contribution < -0.4 is 5.32 Å². The maximum Gasteiger partial charge on any atom is 0.252 e. The van der Waals surface area contributed by atoms with Crippen molar-refractivity contribution in [3.05, 3.63) is 86.9 Å². The average molecular weight is 405 g/mol. The van der Waals surface area contributed by atoms with Crippen LogP contribution in [0.25, 0.3) is 0 Å². The minimum atomic E-state index is -0.205. The summed E-state index contributed by atoms with van der Waals surface area (Å²) in [6.45, 7) is 0.566. The number of hydrogen-bond acceptors (Lipinski definition) is 4. The van der Waals surface area contributed by atoms with Gasteiger partial charge in [0.2, 0.25) is 0 Å². The predicted octanol–water partition coefficient (Wildman–Crippen LogP) is 4.62. The van der Waals surface area contributed by atoms with Gasteiger partial charge >= 0.3 is 0 Å². The van der Waals surface area contributed by atoms with Crippen LogP contribution in [0, 0.1) is 0 Å². The average Bonchev–Trinajstić information content (AvgIpc) is 3.19. The monoisotopic (exact) mass is 404 g/mol. The highest BCUT2D eigenvalue weighted by molar-refractivity contribution is 7.11. The van der Waals surface area contributed by atoms with Gasteiger partial charge in [-0.1, -0.05) is 48.5 Å². The van der Waals surface area contributed by atoms with Crippen molar-refractivity contribution in [1.29, 1.82) is 0 Å². The molecule has 0 bridgehead atoms. The fourth-order valence-electron chi connectivity index (χ4n) is 3.67. The predicted molar refractivity (Wildman–Crippen MR) is 116 cm³/mol. The fraction of sp³-hybridized carbons (Fsp3) is 0.292. The van der Waals surface area contributed by atoms with Gasteiger partial charge in [-0.2, -0.15) is 0 Å². The molecule has 1 heterocycles. The molecule has 1 amide bonds.